The summed E-state index contributed by atoms with van der Waals surface area (Å²) in [4.78, 5) is 22.7. The van der Waals surface area contributed by atoms with Gasteiger partial charge in [-0.15, -0.1) is 0 Å². The number of carbonyl (C=O) groups is 2. The van der Waals surface area contributed by atoms with Gasteiger partial charge < -0.3 is 5.32 Å². The van der Waals surface area contributed by atoms with Crippen LogP contribution in [0, 0.1) is 11.6 Å². The minimum atomic E-state index is -1.08. The van der Waals surface area contributed by atoms with E-state index < -0.39 is 28.9 Å². The average molecular weight is 227 g/mol. The van der Waals surface area contributed by atoms with Crippen LogP contribution < -0.4 is 5.32 Å². The lowest BCUT2D eigenvalue weighted by atomic mass is 10.1. The minimum absolute atomic E-state index is 0.243. The Morgan fingerprint density at radius 1 is 1.25 bits per heavy atom. The molecule has 3 nitrogen and oxygen atoms in total. The lowest BCUT2D eigenvalue weighted by Gasteiger charge is -2.07. The third-order valence-electron chi connectivity index (χ3n) is 1.80. The summed E-state index contributed by atoms with van der Waals surface area (Å²) in [7, 11) is 0. The first-order chi connectivity index (χ1) is 7.41. The normalized spacial score (nSPS) is 10.3. The van der Waals surface area contributed by atoms with Gasteiger partial charge in [-0.25, -0.2) is 8.78 Å². The zero-order valence-corrected chi connectivity index (χ0v) is 8.88. The second kappa shape index (κ2) is 4.83. The van der Waals surface area contributed by atoms with Gasteiger partial charge in [0.15, 0.2) is 0 Å². The number of benzene rings is 1. The molecule has 0 radical (unpaired) electrons. The molecule has 1 aromatic carbocycles. The molecule has 0 spiro atoms. The van der Waals surface area contributed by atoms with E-state index in [1.54, 1.807) is 13.8 Å². The predicted molar refractivity (Wildman–Crippen MR) is 54.0 cm³/mol. The molecule has 0 atom stereocenters. The molecule has 0 aliphatic rings. The zero-order chi connectivity index (χ0) is 12.3. The largest absolute Gasteiger partial charge is 0.347 e. The smallest absolute Gasteiger partial charge is 0.292 e. The van der Waals surface area contributed by atoms with Gasteiger partial charge >= 0.3 is 0 Å². The van der Waals surface area contributed by atoms with Gasteiger partial charge in [0.25, 0.3) is 11.7 Å². The van der Waals surface area contributed by atoms with Gasteiger partial charge in [0.05, 0.1) is 5.56 Å². The molecule has 0 aliphatic heterocycles. The lowest BCUT2D eigenvalue weighted by Crippen LogP contribution is -2.36. The molecule has 0 fully saturated rings. The van der Waals surface area contributed by atoms with Crippen molar-refractivity contribution < 1.29 is 18.4 Å². The quantitative estimate of drug-likeness (QED) is 0.630. The van der Waals surface area contributed by atoms with Gasteiger partial charge in [-0.05, 0) is 32.0 Å². The molecular formula is C11H11F2NO2. The van der Waals surface area contributed by atoms with Crippen LogP contribution in [0.3, 0.4) is 0 Å². The van der Waals surface area contributed by atoms with Gasteiger partial charge in [-0.3, -0.25) is 9.59 Å². The molecule has 5 heteroatoms. The number of ketones is 1. The summed E-state index contributed by atoms with van der Waals surface area (Å²) in [6.45, 7) is 3.32. The van der Waals surface area contributed by atoms with Crippen molar-refractivity contribution in [2.45, 2.75) is 19.9 Å². The van der Waals surface area contributed by atoms with E-state index in [4.69, 9.17) is 0 Å². The number of halogens is 2. The van der Waals surface area contributed by atoms with Crippen LogP contribution in [0.1, 0.15) is 24.2 Å². The first-order valence-corrected chi connectivity index (χ1v) is 4.72. The molecule has 16 heavy (non-hydrogen) atoms. The van der Waals surface area contributed by atoms with Crippen LogP contribution in [0.15, 0.2) is 18.2 Å². The highest BCUT2D eigenvalue weighted by Gasteiger charge is 2.20. The summed E-state index contributed by atoms with van der Waals surface area (Å²) < 4.78 is 25.9. The molecule has 0 bridgehead atoms. The maximum atomic E-state index is 13.2. The van der Waals surface area contributed by atoms with Crippen molar-refractivity contribution in [1.29, 1.82) is 0 Å². The minimum Gasteiger partial charge on any atom is -0.347 e. The van der Waals surface area contributed by atoms with E-state index in [0.29, 0.717) is 6.07 Å². The standard InChI is InChI=1S/C11H11F2NO2/c1-6(2)14-11(16)10(15)8-5-7(12)3-4-9(8)13/h3-6H,1-2H3,(H,14,16). The van der Waals surface area contributed by atoms with E-state index in [-0.39, 0.29) is 6.04 Å². The molecule has 1 N–H and O–H groups in total. The highest BCUT2D eigenvalue weighted by molar-refractivity contribution is 6.42. The first kappa shape index (κ1) is 12.3. The molecule has 0 saturated carbocycles. The summed E-state index contributed by atoms with van der Waals surface area (Å²) in [5, 5.41) is 2.31. The molecule has 0 heterocycles. The Morgan fingerprint density at radius 3 is 2.44 bits per heavy atom. The number of rotatable bonds is 3. The van der Waals surface area contributed by atoms with Crippen molar-refractivity contribution in [3.05, 3.63) is 35.4 Å². The number of nitrogens with one attached hydrogen (secondary N) is 1. The highest BCUT2D eigenvalue weighted by Crippen LogP contribution is 2.10. The van der Waals surface area contributed by atoms with Crippen molar-refractivity contribution >= 4 is 11.7 Å². The fourth-order valence-corrected chi connectivity index (χ4v) is 1.12. The van der Waals surface area contributed by atoms with Gasteiger partial charge in [-0.1, -0.05) is 0 Å². The van der Waals surface area contributed by atoms with Crippen molar-refractivity contribution in [2.75, 3.05) is 0 Å². The van der Waals surface area contributed by atoms with Gasteiger partial charge in [0.1, 0.15) is 11.6 Å². The molecule has 0 aromatic heterocycles. The first-order valence-electron chi connectivity index (χ1n) is 4.72. The van der Waals surface area contributed by atoms with Gasteiger partial charge in [0, 0.05) is 6.04 Å². The van der Waals surface area contributed by atoms with Crippen molar-refractivity contribution in [2.24, 2.45) is 0 Å². The Bertz CT molecular complexity index is 430. The Hall–Kier alpha value is -1.78. The average Bonchev–Trinajstić information content (AvgIpc) is 2.19. The molecule has 86 valence electrons. The van der Waals surface area contributed by atoms with Crippen molar-refractivity contribution in [1.82, 2.24) is 5.32 Å². The van der Waals surface area contributed by atoms with Crippen LogP contribution in [-0.2, 0) is 4.79 Å². The van der Waals surface area contributed by atoms with E-state index in [0.717, 1.165) is 12.1 Å². The van der Waals surface area contributed by atoms with Crippen molar-refractivity contribution in [3.63, 3.8) is 0 Å². The van der Waals surface area contributed by atoms with Crippen LogP contribution in [0.2, 0.25) is 0 Å². The predicted octanol–water partition coefficient (Wildman–Crippen LogP) is 1.67. The van der Waals surface area contributed by atoms with E-state index in [9.17, 15) is 18.4 Å². The summed E-state index contributed by atoms with van der Waals surface area (Å²) in [5.74, 6) is -3.70. The fraction of sp³-hybridized carbons (Fsp3) is 0.273. The summed E-state index contributed by atoms with van der Waals surface area (Å²) in [6, 6.07) is 2.16. The third-order valence-corrected chi connectivity index (χ3v) is 1.80. The molecular weight excluding hydrogens is 216 g/mol. The number of hydrogen-bond donors (Lipinski definition) is 1. The maximum absolute atomic E-state index is 13.2. The molecule has 1 amide bonds. The lowest BCUT2D eigenvalue weighted by molar-refractivity contribution is -0.117. The van der Waals surface area contributed by atoms with E-state index in [1.807, 2.05) is 0 Å². The topological polar surface area (TPSA) is 46.2 Å². The maximum Gasteiger partial charge on any atom is 0.292 e. The van der Waals surface area contributed by atoms with Crippen LogP contribution in [-0.4, -0.2) is 17.7 Å². The van der Waals surface area contributed by atoms with E-state index in [1.165, 1.54) is 0 Å². The van der Waals surface area contributed by atoms with Crippen LogP contribution in [0.4, 0.5) is 8.78 Å². The number of amides is 1. The van der Waals surface area contributed by atoms with Gasteiger partial charge in [0.2, 0.25) is 0 Å². The van der Waals surface area contributed by atoms with Gasteiger partial charge in [-0.2, -0.15) is 0 Å². The number of hydrogen-bond acceptors (Lipinski definition) is 2. The summed E-state index contributed by atoms with van der Waals surface area (Å²) in [6.07, 6.45) is 0. The Labute approximate surface area is 91.5 Å². The molecule has 0 saturated heterocycles. The Morgan fingerprint density at radius 2 is 1.88 bits per heavy atom. The Balaban J connectivity index is 2.96. The van der Waals surface area contributed by atoms with Crippen molar-refractivity contribution in [3.8, 4) is 0 Å². The molecule has 1 aromatic rings. The highest BCUT2D eigenvalue weighted by atomic mass is 19.1. The van der Waals surface area contributed by atoms with Crippen LogP contribution >= 0.6 is 0 Å². The monoisotopic (exact) mass is 227 g/mol. The SMILES string of the molecule is CC(C)NC(=O)C(=O)c1cc(F)ccc1F. The van der Waals surface area contributed by atoms with Crippen LogP contribution in [0.25, 0.3) is 0 Å². The third kappa shape index (κ3) is 2.85. The van der Waals surface area contributed by atoms with Crippen LogP contribution in [0.5, 0.6) is 0 Å². The fourth-order valence-electron chi connectivity index (χ4n) is 1.12. The summed E-state index contributed by atoms with van der Waals surface area (Å²) >= 11 is 0. The zero-order valence-electron chi connectivity index (χ0n) is 8.88. The Kier molecular flexibility index (Phi) is 3.71. The molecule has 1 rings (SSSR count). The number of Topliss-reactive ketones (excluding diaryl/α,β-unsaturated/α-hetero) is 1. The molecule has 0 aliphatic carbocycles. The second-order valence-electron chi connectivity index (χ2n) is 3.58. The second-order valence-corrected chi connectivity index (χ2v) is 3.58. The van der Waals surface area contributed by atoms with E-state index >= 15 is 0 Å². The number of carbonyl (C=O) groups excluding carboxylic acids is 2. The van der Waals surface area contributed by atoms with E-state index in [2.05, 4.69) is 5.32 Å². The summed E-state index contributed by atoms with van der Waals surface area (Å²) in [5.41, 5.74) is -0.557. The molecule has 0 unspecified atom stereocenters.